The number of nitrogens with zero attached hydrogens (tertiary/aromatic N) is 3. The Morgan fingerprint density at radius 3 is 2.24 bits per heavy atom. The molecule has 0 aliphatic heterocycles. The molecule has 1 aromatic rings. The summed E-state index contributed by atoms with van der Waals surface area (Å²) >= 11 is 0. The summed E-state index contributed by atoms with van der Waals surface area (Å²) in [5, 5.41) is 8.76. The van der Waals surface area contributed by atoms with E-state index in [1.807, 2.05) is 30.3 Å². The van der Waals surface area contributed by atoms with Gasteiger partial charge in [0, 0.05) is 33.0 Å². The van der Waals surface area contributed by atoms with Crippen LogP contribution in [0.2, 0.25) is 0 Å². The lowest BCUT2D eigenvalue weighted by molar-refractivity contribution is 0.190. The number of rotatable bonds is 8. The number of allylic oxidation sites excluding steroid dienone is 1. The molecule has 0 fully saturated rings. The van der Waals surface area contributed by atoms with Crippen molar-refractivity contribution in [3.8, 4) is 6.07 Å². The van der Waals surface area contributed by atoms with Crippen molar-refractivity contribution in [2.45, 2.75) is 0 Å². The van der Waals surface area contributed by atoms with Crippen molar-refractivity contribution in [3.63, 3.8) is 0 Å². The average Bonchev–Trinajstić information content (AvgIpc) is 2.53. The Kier molecular flexibility index (Phi) is 7.60. The minimum atomic E-state index is 0.0818. The fourth-order valence-electron chi connectivity index (χ4n) is 1.80. The van der Waals surface area contributed by atoms with E-state index in [4.69, 9.17) is 21.3 Å². The molecule has 110 valence electrons. The van der Waals surface area contributed by atoms with Crippen LogP contribution >= 0.6 is 0 Å². The van der Waals surface area contributed by atoms with Crippen LogP contribution in [0, 0.1) is 17.9 Å². The van der Waals surface area contributed by atoms with Crippen LogP contribution in [0.3, 0.4) is 0 Å². The molecule has 0 aromatic heterocycles. The lowest BCUT2D eigenvalue weighted by atomic mass is 10.1. The molecule has 0 heterocycles. The zero-order valence-corrected chi connectivity index (χ0v) is 12.4. The van der Waals surface area contributed by atoms with E-state index in [0.717, 1.165) is 24.3 Å². The minimum Gasteiger partial charge on any atom is -0.383 e. The van der Waals surface area contributed by atoms with Gasteiger partial charge in [0.05, 0.1) is 25.9 Å². The standard InChI is InChI=1S/C16H19N3O2/c1-18-15(13-17)12-14-4-6-16(7-5-14)19(8-10-20-2)9-11-21-3/h4-7,12H,8-11H2,2-3H3/b15-12-. The van der Waals surface area contributed by atoms with Gasteiger partial charge in [0.15, 0.2) is 0 Å². The van der Waals surface area contributed by atoms with Gasteiger partial charge >= 0.3 is 0 Å². The Morgan fingerprint density at radius 1 is 1.24 bits per heavy atom. The predicted molar refractivity (Wildman–Crippen MR) is 82.6 cm³/mol. The fraction of sp³-hybridized carbons (Fsp3) is 0.375. The van der Waals surface area contributed by atoms with E-state index in [2.05, 4.69) is 9.74 Å². The van der Waals surface area contributed by atoms with Gasteiger partial charge in [0.25, 0.3) is 5.70 Å². The summed E-state index contributed by atoms with van der Waals surface area (Å²) in [6.07, 6.45) is 1.57. The monoisotopic (exact) mass is 285 g/mol. The Labute approximate surface area is 125 Å². The summed E-state index contributed by atoms with van der Waals surface area (Å²) in [7, 11) is 3.35. The van der Waals surface area contributed by atoms with Crippen LogP contribution in [-0.4, -0.2) is 40.5 Å². The van der Waals surface area contributed by atoms with E-state index in [1.54, 1.807) is 20.3 Å². The van der Waals surface area contributed by atoms with Gasteiger partial charge in [0.2, 0.25) is 0 Å². The zero-order chi connectivity index (χ0) is 15.5. The van der Waals surface area contributed by atoms with E-state index < -0.39 is 0 Å². The highest BCUT2D eigenvalue weighted by Gasteiger charge is 2.06. The lowest BCUT2D eigenvalue weighted by Crippen LogP contribution is -2.30. The van der Waals surface area contributed by atoms with Crippen LogP contribution in [-0.2, 0) is 9.47 Å². The van der Waals surface area contributed by atoms with Gasteiger partial charge < -0.3 is 14.4 Å². The van der Waals surface area contributed by atoms with Crippen LogP contribution in [0.4, 0.5) is 5.69 Å². The molecule has 1 rings (SSSR count). The van der Waals surface area contributed by atoms with Crippen molar-refractivity contribution in [2.75, 3.05) is 45.4 Å². The van der Waals surface area contributed by atoms with E-state index in [-0.39, 0.29) is 5.70 Å². The predicted octanol–water partition coefficient (Wildman–Crippen LogP) is 2.57. The molecular formula is C16H19N3O2. The SMILES string of the molecule is [C-]#[N+]/C(C#N)=C\c1ccc(N(CCOC)CCOC)cc1. The Balaban J connectivity index is 2.84. The second kappa shape index (κ2) is 9.55. The first-order valence-electron chi connectivity index (χ1n) is 6.57. The van der Waals surface area contributed by atoms with Crippen molar-refractivity contribution < 1.29 is 9.47 Å². The fourth-order valence-corrected chi connectivity index (χ4v) is 1.80. The van der Waals surface area contributed by atoms with Gasteiger partial charge in [-0.2, -0.15) is 0 Å². The number of hydrogen-bond donors (Lipinski definition) is 0. The van der Waals surface area contributed by atoms with Crippen molar-refractivity contribution in [3.05, 3.63) is 46.9 Å². The van der Waals surface area contributed by atoms with Crippen molar-refractivity contribution in [2.24, 2.45) is 0 Å². The summed E-state index contributed by atoms with van der Waals surface area (Å²) < 4.78 is 10.2. The van der Waals surface area contributed by atoms with Gasteiger partial charge in [-0.25, -0.2) is 10.1 Å². The summed E-state index contributed by atoms with van der Waals surface area (Å²) in [5.41, 5.74) is 1.98. The van der Waals surface area contributed by atoms with E-state index >= 15 is 0 Å². The smallest absolute Gasteiger partial charge is 0.262 e. The average molecular weight is 285 g/mol. The van der Waals surface area contributed by atoms with Crippen LogP contribution < -0.4 is 4.90 Å². The van der Waals surface area contributed by atoms with Gasteiger partial charge in [-0.1, -0.05) is 12.1 Å². The number of ether oxygens (including phenoxy) is 2. The summed E-state index contributed by atoms with van der Waals surface area (Å²) in [4.78, 5) is 5.31. The Hall–Kier alpha value is -2.34. The molecule has 0 aliphatic rings. The van der Waals surface area contributed by atoms with Crippen molar-refractivity contribution >= 4 is 11.8 Å². The van der Waals surface area contributed by atoms with Gasteiger partial charge in [-0.05, 0) is 23.8 Å². The Bertz CT molecular complexity index is 514. The van der Waals surface area contributed by atoms with Crippen LogP contribution in [0.25, 0.3) is 10.9 Å². The number of hydrogen-bond acceptors (Lipinski definition) is 4. The largest absolute Gasteiger partial charge is 0.383 e. The maximum atomic E-state index is 8.76. The van der Waals surface area contributed by atoms with Gasteiger partial charge in [0.1, 0.15) is 0 Å². The van der Waals surface area contributed by atoms with Gasteiger partial charge in [-0.15, -0.1) is 0 Å². The maximum absolute atomic E-state index is 8.76. The van der Waals surface area contributed by atoms with Crippen LogP contribution in [0.5, 0.6) is 0 Å². The molecule has 0 radical (unpaired) electrons. The molecule has 0 amide bonds. The molecule has 21 heavy (non-hydrogen) atoms. The quantitative estimate of drug-likeness (QED) is 0.544. The highest BCUT2D eigenvalue weighted by Crippen LogP contribution is 2.17. The van der Waals surface area contributed by atoms with Crippen LogP contribution in [0.1, 0.15) is 5.56 Å². The first-order valence-corrected chi connectivity index (χ1v) is 6.57. The summed E-state index contributed by atoms with van der Waals surface area (Å²) in [6, 6.07) is 9.58. The normalized spacial score (nSPS) is 10.8. The highest BCUT2D eigenvalue weighted by molar-refractivity contribution is 5.61. The number of benzene rings is 1. The number of anilines is 1. The van der Waals surface area contributed by atoms with E-state index in [1.165, 1.54) is 0 Å². The zero-order valence-electron chi connectivity index (χ0n) is 12.4. The van der Waals surface area contributed by atoms with Crippen molar-refractivity contribution in [1.29, 1.82) is 5.26 Å². The summed E-state index contributed by atoms with van der Waals surface area (Å²) in [6.45, 7) is 9.71. The van der Waals surface area contributed by atoms with E-state index in [9.17, 15) is 0 Å². The number of methoxy groups -OCH3 is 2. The third-order valence-corrected chi connectivity index (χ3v) is 2.93. The lowest BCUT2D eigenvalue weighted by Gasteiger charge is -2.24. The molecular weight excluding hydrogens is 266 g/mol. The summed E-state index contributed by atoms with van der Waals surface area (Å²) in [5.74, 6) is 0. The topological polar surface area (TPSA) is 49.9 Å². The molecule has 0 unspecified atom stereocenters. The molecule has 0 spiro atoms. The molecule has 0 N–H and O–H groups in total. The molecule has 0 saturated heterocycles. The minimum absolute atomic E-state index is 0.0818. The number of nitriles is 1. The third-order valence-electron chi connectivity index (χ3n) is 2.93. The molecule has 5 heteroatoms. The van der Waals surface area contributed by atoms with E-state index in [0.29, 0.717) is 13.2 Å². The molecule has 0 aliphatic carbocycles. The maximum Gasteiger partial charge on any atom is 0.262 e. The second-order valence-corrected chi connectivity index (χ2v) is 4.32. The van der Waals surface area contributed by atoms with Gasteiger partial charge in [-0.3, -0.25) is 0 Å². The molecule has 0 bridgehead atoms. The molecule has 0 saturated carbocycles. The molecule has 1 aromatic carbocycles. The first kappa shape index (κ1) is 16.7. The highest BCUT2D eigenvalue weighted by atomic mass is 16.5. The molecule has 5 nitrogen and oxygen atoms in total. The second-order valence-electron chi connectivity index (χ2n) is 4.32. The third kappa shape index (κ3) is 5.66. The molecule has 0 atom stereocenters. The Morgan fingerprint density at radius 2 is 1.81 bits per heavy atom. The first-order chi connectivity index (χ1) is 10.2. The van der Waals surface area contributed by atoms with Crippen molar-refractivity contribution in [1.82, 2.24) is 0 Å². The van der Waals surface area contributed by atoms with Crippen LogP contribution in [0.15, 0.2) is 30.0 Å².